The van der Waals surface area contributed by atoms with Gasteiger partial charge in [0.15, 0.2) is 0 Å². The lowest BCUT2D eigenvalue weighted by molar-refractivity contribution is 0.569. The van der Waals surface area contributed by atoms with Crippen LogP contribution in [0.25, 0.3) is 11.5 Å². The molecule has 0 radical (unpaired) electrons. The van der Waals surface area contributed by atoms with E-state index in [0.29, 0.717) is 12.4 Å². The molecule has 1 heterocycles. The molecule has 4 heteroatoms. The fourth-order valence-electron chi connectivity index (χ4n) is 2.19. The van der Waals surface area contributed by atoms with Crippen LogP contribution in [-0.4, -0.2) is 4.98 Å². The van der Waals surface area contributed by atoms with E-state index in [4.69, 9.17) is 4.42 Å². The predicted octanol–water partition coefficient (Wildman–Crippen LogP) is 4.70. The Morgan fingerprint density at radius 3 is 2.59 bits per heavy atom. The average Bonchev–Trinajstić information content (AvgIpc) is 2.98. The van der Waals surface area contributed by atoms with Crippen LogP contribution < -0.4 is 5.32 Å². The Balaban J connectivity index is 1.60. The number of benzene rings is 2. The Labute approximate surface area is 138 Å². The third-order valence-corrected chi connectivity index (χ3v) is 4.10. The lowest BCUT2D eigenvalue weighted by Gasteiger charge is -2.03. The summed E-state index contributed by atoms with van der Waals surface area (Å²) in [7, 11) is 0. The van der Waals surface area contributed by atoms with Crippen molar-refractivity contribution in [3.63, 3.8) is 0 Å². The molecule has 0 saturated carbocycles. The molecule has 3 nitrogen and oxygen atoms in total. The summed E-state index contributed by atoms with van der Waals surface area (Å²) in [5.74, 6) is 0.639. The molecular weight excluding hydrogens is 340 g/mol. The zero-order valence-corrected chi connectivity index (χ0v) is 13.9. The third-order valence-electron chi connectivity index (χ3n) is 3.41. The Hall–Kier alpha value is -1.91. The van der Waals surface area contributed by atoms with E-state index in [9.17, 15) is 0 Å². The highest BCUT2D eigenvalue weighted by atomic mass is 79.9. The van der Waals surface area contributed by atoms with Gasteiger partial charge in [0.25, 0.3) is 0 Å². The SMILES string of the molecule is Cc1ccc(CNCc2coc(-c3ccccc3Br)n2)cc1. The Morgan fingerprint density at radius 2 is 1.82 bits per heavy atom. The Morgan fingerprint density at radius 1 is 1.05 bits per heavy atom. The van der Waals surface area contributed by atoms with E-state index in [1.54, 1.807) is 6.26 Å². The molecule has 0 saturated heterocycles. The van der Waals surface area contributed by atoms with Crippen molar-refractivity contribution in [1.82, 2.24) is 10.3 Å². The van der Waals surface area contributed by atoms with Crippen LogP contribution in [0.4, 0.5) is 0 Å². The van der Waals surface area contributed by atoms with Gasteiger partial charge in [-0.25, -0.2) is 4.98 Å². The van der Waals surface area contributed by atoms with Crippen LogP contribution in [0, 0.1) is 6.92 Å². The summed E-state index contributed by atoms with van der Waals surface area (Å²) < 4.78 is 6.55. The number of halogens is 1. The van der Waals surface area contributed by atoms with Gasteiger partial charge in [-0.3, -0.25) is 0 Å². The number of nitrogens with one attached hydrogen (secondary N) is 1. The van der Waals surface area contributed by atoms with Crippen LogP contribution in [0.5, 0.6) is 0 Å². The molecule has 0 aliphatic heterocycles. The Kier molecular flexibility index (Phi) is 4.71. The van der Waals surface area contributed by atoms with Crippen molar-refractivity contribution in [2.75, 3.05) is 0 Å². The standard InChI is InChI=1S/C18H17BrN2O/c1-13-6-8-14(9-7-13)10-20-11-15-12-22-18(21-15)16-4-2-3-5-17(16)19/h2-9,12,20H,10-11H2,1H3. The fraction of sp³-hybridized carbons (Fsp3) is 0.167. The van der Waals surface area contributed by atoms with E-state index >= 15 is 0 Å². The molecule has 0 spiro atoms. The van der Waals surface area contributed by atoms with Crippen LogP contribution in [0.2, 0.25) is 0 Å². The maximum atomic E-state index is 5.57. The van der Waals surface area contributed by atoms with Crippen molar-refractivity contribution in [1.29, 1.82) is 0 Å². The highest BCUT2D eigenvalue weighted by Crippen LogP contribution is 2.27. The lowest BCUT2D eigenvalue weighted by Crippen LogP contribution is -2.12. The van der Waals surface area contributed by atoms with E-state index in [0.717, 1.165) is 22.3 Å². The number of hydrogen-bond acceptors (Lipinski definition) is 3. The predicted molar refractivity (Wildman–Crippen MR) is 91.4 cm³/mol. The smallest absolute Gasteiger partial charge is 0.227 e. The lowest BCUT2D eigenvalue weighted by atomic mass is 10.1. The second-order valence-electron chi connectivity index (χ2n) is 5.21. The highest BCUT2D eigenvalue weighted by Gasteiger charge is 2.09. The maximum absolute atomic E-state index is 5.57. The molecule has 0 aliphatic carbocycles. The van der Waals surface area contributed by atoms with Crippen molar-refractivity contribution in [3.8, 4) is 11.5 Å². The number of aryl methyl sites for hydroxylation is 1. The summed E-state index contributed by atoms with van der Waals surface area (Å²) in [5, 5.41) is 3.38. The normalized spacial score (nSPS) is 10.8. The molecule has 0 fully saturated rings. The minimum absolute atomic E-state index is 0.639. The molecule has 1 aromatic heterocycles. The van der Waals surface area contributed by atoms with Crippen LogP contribution in [0.1, 0.15) is 16.8 Å². The molecule has 3 rings (SSSR count). The van der Waals surface area contributed by atoms with Gasteiger partial charge in [-0.1, -0.05) is 42.0 Å². The Bertz CT molecular complexity index is 750. The fourth-order valence-corrected chi connectivity index (χ4v) is 2.64. The van der Waals surface area contributed by atoms with Crippen LogP contribution in [0.15, 0.2) is 63.7 Å². The average molecular weight is 357 g/mol. The quantitative estimate of drug-likeness (QED) is 0.719. The first kappa shape index (κ1) is 15.0. The number of rotatable bonds is 5. The maximum Gasteiger partial charge on any atom is 0.227 e. The van der Waals surface area contributed by atoms with Gasteiger partial charge in [-0.05, 0) is 40.5 Å². The van der Waals surface area contributed by atoms with Crippen LogP contribution in [0.3, 0.4) is 0 Å². The van der Waals surface area contributed by atoms with E-state index in [1.165, 1.54) is 11.1 Å². The summed E-state index contributed by atoms with van der Waals surface area (Å²) in [6.45, 7) is 3.59. The first-order valence-electron chi connectivity index (χ1n) is 7.18. The molecular formula is C18H17BrN2O. The molecule has 2 aromatic carbocycles. The molecule has 3 aromatic rings. The van der Waals surface area contributed by atoms with Crippen molar-refractivity contribution in [2.24, 2.45) is 0 Å². The first-order chi connectivity index (χ1) is 10.7. The van der Waals surface area contributed by atoms with Gasteiger partial charge in [0.05, 0.1) is 11.3 Å². The summed E-state index contributed by atoms with van der Waals surface area (Å²) in [5.41, 5.74) is 4.41. The second kappa shape index (κ2) is 6.90. The van der Waals surface area contributed by atoms with E-state index in [2.05, 4.69) is 57.4 Å². The van der Waals surface area contributed by atoms with E-state index in [-0.39, 0.29) is 0 Å². The van der Waals surface area contributed by atoms with Crippen molar-refractivity contribution in [3.05, 3.63) is 76.1 Å². The number of hydrogen-bond donors (Lipinski definition) is 1. The highest BCUT2D eigenvalue weighted by molar-refractivity contribution is 9.10. The molecule has 0 amide bonds. The van der Waals surface area contributed by atoms with Crippen LogP contribution in [-0.2, 0) is 13.1 Å². The molecule has 0 atom stereocenters. The minimum atomic E-state index is 0.639. The van der Waals surface area contributed by atoms with E-state index in [1.807, 2.05) is 24.3 Å². The van der Waals surface area contributed by atoms with Crippen molar-refractivity contribution in [2.45, 2.75) is 20.0 Å². The summed E-state index contributed by atoms with van der Waals surface area (Å²) in [6, 6.07) is 16.4. The van der Waals surface area contributed by atoms with Crippen LogP contribution >= 0.6 is 15.9 Å². The van der Waals surface area contributed by atoms with Gasteiger partial charge in [0.2, 0.25) is 5.89 Å². The molecule has 22 heavy (non-hydrogen) atoms. The summed E-state index contributed by atoms with van der Waals surface area (Å²) >= 11 is 3.52. The molecule has 112 valence electrons. The zero-order valence-electron chi connectivity index (χ0n) is 12.3. The largest absolute Gasteiger partial charge is 0.444 e. The first-order valence-corrected chi connectivity index (χ1v) is 7.97. The van der Waals surface area contributed by atoms with Crippen molar-refractivity contribution >= 4 is 15.9 Å². The number of aromatic nitrogens is 1. The molecule has 0 unspecified atom stereocenters. The van der Waals surface area contributed by atoms with Gasteiger partial charge in [-0.2, -0.15) is 0 Å². The zero-order chi connectivity index (χ0) is 15.4. The molecule has 1 N–H and O–H groups in total. The second-order valence-corrected chi connectivity index (χ2v) is 6.07. The summed E-state index contributed by atoms with van der Waals surface area (Å²) in [6.07, 6.45) is 1.71. The minimum Gasteiger partial charge on any atom is -0.444 e. The number of oxazole rings is 1. The third kappa shape index (κ3) is 3.64. The van der Waals surface area contributed by atoms with E-state index < -0.39 is 0 Å². The number of nitrogens with zero attached hydrogens (tertiary/aromatic N) is 1. The van der Waals surface area contributed by atoms with Gasteiger partial charge >= 0.3 is 0 Å². The van der Waals surface area contributed by atoms with Gasteiger partial charge < -0.3 is 9.73 Å². The van der Waals surface area contributed by atoms with Crippen molar-refractivity contribution < 1.29 is 4.42 Å². The van der Waals surface area contributed by atoms with Gasteiger partial charge in [0, 0.05) is 17.6 Å². The monoisotopic (exact) mass is 356 g/mol. The summed E-state index contributed by atoms with van der Waals surface area (Å²) in [4.78, 5) is 4.53. The topological polar surface area (TPSA) is 38.1 Å². The van der Waals surface area contributed by atoms with Gasteiger partial charge in [0.1, 0.15) is 6.26 Å². The van der Waals surface area contributed by atoms with Gasteiger partial charge in [-0.15, -0.1) is 0 Å². The molecule has 0 aliphatic rings. The molecule has 0 bridgehead atoms.